The lowest BCUT2D eigenvalue weighted by Gasteiger charge is -2.39. The standard InChI is InChI=1S/C35H41BrClN3O5S/c1-5-17-38(23-13-15-24(16-14-23)45-7-3)32(42)27-28-33(43)40(19-8-9-20-41)31(35(28)21-25(36)30(27)46-35)34(44)39(18-6-2)29-22(4)11-10-12-26(29)37/h5-6,10-16,25,27-28,30-31,41H,1-2,7-9,17-21H2,3-4H3/t25?,27-,28+,30-,31?,35?/m1/s1. The number of amides is 3. The van der Waals surface area contributed by atoms with Gasteiger partial charge in [0.15, 0.2) is 0 Å². The van der Waals surface area contributed by atoms with E-state index in [-0.39, 0.29) is 47.5 Å². The first-order valence-electron chi connectivity index (χ1n) is 15.7. The summed E-state index contributed by atoms with van der Waals surface area (Å²) in [6.45, 7) is 12.9. The van der Waals surface area contributed by atoms with Gasteiger partial charge < -0.3 is 24.5 Å². The first-order chi connectivity index (χ1) is 22.1. The Balaban J connectivity index is 1.57. The van der Waals surface area contributed by atoms with Crippen LogP contribution in [0.25, 0.3) is 0 Å². The largest absolute Gasteiger partial charge is 0.494 e. The van der Waals surface area contributed by atoms with E-state index in [1.54, 1.807) is 44.7 Å². The quantitative estimate of drug-likeness (QED) is 0.145. The molecule has 2 aromatic rings. The number of hydrogen-bond acceptors (Lipinski definition) is 6. The molecule has 3 fully saturated rings. The van der Waals surface area contributed by atoms with Gasteiger partial charge >= 0.3 is 0 Å². The maximum Gasteiger partial charge on any atom is 0.251 e. The predicted molar refractivity (Wildman–Crippen MR) is 189 cm³/mol. The van der Waals surface area contributed by atoms with Crippen LogP contribution >= 0.6 is 39.3 Å². The van der Waals surface area contributed by atoms with Crippen molar-refractivity contribution in [3.8, 4) is 5.75 Å². The fraction of sp³-hybridized carbons (Fsp3) is 0.457. The van der Waals surface area contributed by atoms with E-state index in [2.05, 4.69) is 29.1 Å². The average Bonchev–Trinajstić information content (AvgIpc) is 3.62. The molecule has 0 radical (unpaired) electrons. The summed E-state index contributed by atoms with van der Waals surface area (Å²) < 4.78 is 4.77. The topological polar surface area (TPSA) is 90.4 Å². The van der Waals surface area contributed by atoms with Crippen molar-refractivity contribution in [1.29, 1.82) is 0 Å². The number of carbonyl (C=O) groups is 3. The monoisotopic (exact) mass is 729 g/mol. The molecule has 3 saturated heterocycles. The van der Waals surface area contributed by atoms with E-state index in [0.29, 0.717) is 54.6 Å². The van der Waals surface area contributed by atoms with E-state index in [9.17, 15) is 19.5 Å². The number of para-hydroxylation sites is 1. The summed E-state index contributed by atoms with van der Waals surface area (Å²) in [6.07, 6.45) is 4.92. The van der Waals surface area contributed by atoms with Crippen LogP contribution in [0.2, 0.25) is 5.02 Å². The number of nitrogens with zero attached hydrogens (tertiary/aromatic N) is 3. The van der Waals surface area contributed by atoms with Crippen molar-refractivity contribution in [3.05, 3.63) is 78.4 Å². The van der Waals surface area contributed by atoms with Crippen molar-refractivity contribution >= 4 is 68.4 Å². The number of hydrogen-bond donors (Lipinski definition) is 1. The number of unbranched alkanes of at least 4 members (excludes halogenated alkanes) is 1. The molecule has 2 bridgehead atoms. The van der Waals surface area contributed by atoms with Gasteiger partial charge in [0.2, 0.25) is 11.8 Å². The van der Waals surface area contributed by atoms with Crippen LogP contribution < -0.4 is 14.5 Å². The number of ether oxygens (including phenoxy) is 1. The molecular weight excluding hydrogens is 690 g/mol. The summed E-state index contributed by atoms with van der Waals surface area (Å²) in [5.74, 6) is -1.25. The van der Waals surface area contributed by atoms with Gasteiger partial charge in [0.05, 0.1) is 33.9 Å². The van der Waals surface area contributed by atoms with E-state index in [0.717, 1.165) is 5.56 Å². The third kappa shape index (κ3) is 6.02. The Bertz CT molecular complexity index is 1470. The lowest BCUT2D eigenvalue weighted by Crippen LogP contribution is -2.56. The zero-order chi connectivity index (χ0) is 33.2. The van der Waals surface area contributed by atoms with Gasteiger partial charge in [0, 0.05) is 42.0 Å². The molecule has 11 heteroatoms. The number of carbonyl (C=O) groups excluding carboxylic acids is 3. The van der Waals surface area contributed by atoms with Crippen molar-refractivity contribution < 1.29 is 24.2 Å². The van der Waals surface area contributed by atoms with E-state index in [4.69, 9.17) is 16.3 Å². The molecule has 3 aliphatic heterocycles. The summed E-state index contributed by atoms with van der Waals surface area (Å²) >= 11 is 12.2. The van der Waals surface area contributed by atoms with Crippen molar-refractivity contribution in [2.75, 3.05) is 42.6 Å². The van der Waals surface area contributed by atoms with Crippen LogP contribution in [0, 0.1) is 18.8 Å². The van der Waals surface area contributed by atoms with Gasteiger partial charge in [-0.2, -0.15) is 0 Å². The maximum atomic E-state index is 14.9. The van der Waals surface area contributed by atoms with Crippen molar-refractivity contribution in [2.24, 2.45) is 11.8 Å². The maximum absolute atomic E-state index is 14.9. The van der Waals surface area contributed by atoms with Gasteiger partial charge in [0.25, 0.3) is 5.91 Å². The highest BCUT2D eigenvalue weighted by atomic mass is 79.9. The molecule has 0 aliphatic carbocycles. The molecule has 1 N–H and O–H groups in total. The van der Waals surface area contributed by atoms with Crippen LogP contribution in [0.1, 0.15) is 31.7 Å². The molecule has 3 amide bonds. The Kier molecular flexibility index (Phi) is 10.9. The van der Waals surface area contributed by atoms with E-state index in [1.165, 1.54) is 0 Å². The first-order valence-corrected chi connectivity index (χ1v) is 17.9. The van der Waals surface area contributed by atoms with Gasteiger partial charge in [-0.05, 0) is 69.0 Å². The van der Waals surface area contributed by atoms with Gasteiger partial charge in [-0.1, -0.05) is 51.8 Å². The Hall–Kier alpha value is -2.79. The van der Waals surface area contributed by atoms with Gasteiger partial charge in [-0.15, -0.1) is 24.9 Å². The normalized spacial score (nSPS) is 26.2. The summed E-state index contributed by atoms with van der Waals surface area (Å²) in [7, 11) is 0. The number of benzene rings is 2. The number of rotatable bonds is 14. The minimum absolute atomic E-state index is 0.0172. The lowest BCUT2D eigenvalue weighted by molar-refractivity contribution is -0.139. The Morgan fingerprint density at radius 1 is 1.13 bits per heavy atom. The average molecular weight is 731 g/mol. The number of thioether (sulfide) groups is 1. The summed E-state index contributed by atoms with van der Waals surface area (Å²) in [5.41, 5.74) is 2.11. The second-order valence-corrected chi connectivity index (χ2v) is 15.1. The predicted octanol–water partition coefficient (Wildman–Crippen LogP) is 6.02. The number of aryl methyl sites for hydroxylation is 1. The van der Waals surface area contributed by atoms with Gasteiger partial charge in [-0.25, -0.2) is 0 Å². The van der Waals surface area contributed by atoms with Crippen LogP contribution in [0.4, 0.5) is 11.4 Å². The summed E-state index contributed by atoms with van der Waals surface area (Å²) in [5, 5.41) is 9.78. The van der Waals surface area contributed by atoms with Crippen LogP contribution in [-0.2, 0) is 14.4 Å². The van der Waals surface area contributed by atoms with Gasteiger partial charge in [-0.3, -0.25) is 14.4 Å². The Morgan fingerprint density at radius 3 is 2.46 bits per heavy atom. The minimum atomic E-state index is -0.834. The van der Waals surface area contributed by atoms with Crippen LogP contribution in [-0.4, -0.2) is 81.4 Å². The van der Waals surface area contributed by atoms with Crippen LogP contribution in [0.3, 0.4) is 0 Å². The van der Waals surface area contributed by atoms with Crippen molar-refractivity contribution in [2.45, 2.75) is 54.0 Å². The Morgan fingerprint density at radius 2 is 1.83 bits per heavy atom. The first kappa shape index (κ1) is 34.5. The number of aliphatic hydroxyl groups is 1. The molecule has 46 heavy (non-hydrogen) atoms. The SMILES string of the molecule is C=CCN(C(=O)[C@H]1[C@@H]2SC3(CC2Br)C(C(=O)N(CC=C)c2c(C)cccc2Cl)N(CCCCO)C(=O)[C@H]13)c1ccc(OCC)cc1. The molecule has 0 saturated carbocycles. The van der Waals surface area contributed by atoms with Crippen LogP contribution in [0.5, 0.6) is 5.75 Å². The van der Waals surface area contributed by atoms with Crippen molar-refractivity contribution in [3.63, 3.8) is 0 Å². The molecule has 2 aromatic carbocycles. The molecule has 3 unspecified atom stereocenters. The molecule has 8 nitrogen and oxygen atoms in total. The highest BCUT2D eigenvalue weighted by Crippen LogP contribution is 2.68. The molecular formula is C35H41BrClN3O5S. The zero-order valence-corrected chi connectivity index (χ0v) is 29.4. The molecule has 0 aromatic heterocycles. The number of likely N-dealkylation sites (tertiary alicyclic amines) is 1. The number of halogens is 2. The molecule has 5 rings (SSSR count). The molecule has 246 valence electrons. The molecule has 6 atom stereocenters. The second-order valence-electron chi connectivity index (χ2n) is 11.9. The van der Waals surface area contributed by atoms with E-state index in [1.807, 2.05) is 50.2 Å². The third-order valence-corrected chi connectivity index (χ3v) is 12.7. The van der Waals surface area contributed by atoms with E-state index >= 15 is 0 Å². The van der Waals surface area contributed by atoms with Crippen molar-refractivity contribution in [1.82, 2.24) is 4.90 Å². The summed E-state index contributed by atoms with van der Waals surface area (Å²) in [6, 6.07) is 12.0. The molecule has 3 aliphatic rings. The summed E-state index contributed by atoms with van der Waals surface area (Å²) in [4.78, 5) is 49.1. The lowest BCUT2D eigenvalue weighted by atomic mass is 9.70. The molecule has 1 spiro atoms. The highest BCUT2D eigenvalue weighted by Gasteiger charge is 2.76. The third-order valence-electron chi connectivity index (χ3n) is 9.19. The fourth-order valence-electron chi connectivity index (χ4n) is 7.38. The number of anilines is 2. The fourth-order valence-corrected chi connectivity index (χ4v) is 11.3. The number of fused-ring (bicyclic) bond motifs is 1. The molecule has 3 heterocycles. The zero-order valence-electron chi connectivity index (χ0n) is 26.2. The number of alkyl halides is 1. The van der Waals surface area contributed by atoms with Crippen LogP contribution in [0.15, 0.2) is 67.8 Å². The smallest absolute Gasteiger partial charge is 0.251 e. The van der Waals surface area contributed by atoms with E-state index < -0.39 is 22.6 Å². The van der Waals surface area contributed by atoms with Gasteiger partial charge in [0.1, 0.15) is 11.8 Å². The second kappa shape index (κ2) is 14.5. The minimum Gasteiger partial charge on any atom is -0.494 e. The number of aliphatic hydroxyl groups excluding tert-OH is 1. The Labute approximate surface area is 288 Å². The highest BCUT2D eigenvalue weighted by molar-refractivity contribution is 9.09.